The molecule has 7 nitrogen and oxygen atoms in total. The van der Waals surface area contributed by atoms with Gasteiger partial charge in [0, 0.05) is 18.2 Å². The molecule has 0 aliphatic rings. The first-order valence-corrected chi connectivity index (χ1v) is 4.59. The van der Waals surface area contributed by atoms with Gasteiger partial charge in [0.05, 0.1) is 15.9 Å². The van der Waals surface area contributed by atoms with Crippen LogP contribution in [0.1, 0.15) is 12.0 Å². The van der Waals surface area contributed by atoms with Crippen LogP contribution in [-0.4, -0.2) is 21.6 Å². The highest BCUT2D eigenvalue weighted by Gasteiger charge is 2.18. The first kappa shape index (κ1) is 12.1. The average Bonchev–Trinajstić information content (AvgIpc) is 2.25. The summed E-state index contributed by atoms with van der Waals surface area (Å²) >= 11 is 0. The second kappa shape index (κ2) is 5.17. The maximum absolute atomic E-state index is 10.7. The largest absolute Gasteiger partial charge is 0.396 e. The van der Waals surface area contributed by atoms with E-state index in [4.69, 9.17) is 5.11 Å². The van der Waals surface area contributed by atoms with E-state index in [1.807, 2.05) is 0 Å². The first-order valence-electron chi connectivity index (χ1n) is 4.59. The fourth-order valence-corrected chi connectivity index (χ4v) is 1.32. The number of nitro groups is 2. The van der Waals surface area contributed by atoms with Crippen LogP contribution in [0.5, 0.6) is 0 Å². The number of benzene rings is 1. The summed E-state index contributed by atoms with van der Waals surface area (Å²) in [7, 11) is 0. The Kier molecular flexibility index (Phi) is 3.90. The molecule has 16 heavy (non-hydrogen) atoms. The number of non-ortho nitro benzene ring substituents is 1. The summed E-state index contributed by atoms with van der Waals surface area (Å²) in [6.45, 7) is -0.0753. The molecule has 0 unspecified atom stereocenters. The maximum Gasteiger partial charge on any atom is 0.279 e. The predicted octanol–water partition coefficient (Wildman–Crippen LogP) is 1.43. The van der Waals surface area contributed by atoms with Gasteiger partial charge in [0.1, 0.15) is 0 Å². The SMILES string of the molecule is O=[N+]([O-])c1ccc(CCCO)c([N+](=O)[O-])c1. The van der Waals surface area contributed by atoms with Gasteiger partial charge in [-0.1, -0.05) is 0 Å². The molecule has 1 N–H and O–H groups in total. The highest BCUT2D eigenvalue weighted by Crippen LogP contribution is 2.25. The Morgan fingerprint density at radius 3 is 2.38 bits per heavy atom. The number of hydrogen-bond acceptors (Lipinski definition) is 5. The van der Waals surface area contributed by atoms with Crippen LogP contribution in [0.3, 0.4) is 0 Å². The molecular formula is C9H10N2O5. The van der Waals surface area contributed by atoms with Crippen molar-refractivity contribution in [2.24, 2.45) is 0 Å². The summed E-state index contributed by atoms with van der Waals surface area (Å²) in [6, 6.07) is 3.51. The average molecular weight is 226 g/mol. The van der Waals surface area contributed by atoms with Crippen molar-refractivity contribution in [1.29, 1.82) is 0 Å². The summed E-state index contributed by atoms with van der Waals surface area (Å²) < 4.78 is 0. The third-order valence-corrected chi connectivity index (χ3v) is 2.08. The minimum atomic E-state index is -0.678. The molecular weight excluding hydrogens is 216 g/mol. The summed E-state index contributed by atoms with van der Waals surface area (Å²) in [5.41, 5.74) is -0.188. The van der Waals surface area contributed by atoms with Crippen molar-refractivity contribution in [3.05, 3.63) is 44.0 Å². The highest BCUT2D eigenvalue weighted by atomic mass is 16.6. The zero-order valence-electron chi connectivity index (χ0n) is 8.33. The van der Waals surface area contributed by atoms with Crippen molar-refractivity contribution in [3.63, 3.8) is 0 Å². The van der Waals surface area contributed by atoms with E-state index in [1.165, 1.54) is 12.1 Å². The standard InChI is InChI=1S/C9H10N2O5/c12-5-1-2-7-3-4-8(10(13)14)6-9(7)11(15)16/h3-4,6,12H,1-2,5H2. The molecule has 0 saturated heterocycles. The summed E-state index contributed by atoms with van der Waals surface area (Å²) in [5, 5.41) is 29.7. The second-order valence-electron chi connectivity index (χ2n) is 3.15. The fraction of sp³-hybridized carbons (Fsp3) is 0.333. The van der Waals surface area contributed by atoms with E-state index in [0.717, 1.165) is 6.07 Å². The third kappa shape index (κ3) is 2.74. The lowest BCUT2D eigenvalue weighted by atomic mass is 10.1. The van der Waals surface area contributed by atoms with Crippen molar-refractivity contribution in [2.75, 3.05) is 6.61 Å². The molecule has 0 aromatic heterocycles. The van der Waals surface area contributed by atoms with Gasteiger partial charge in [0.15, 0.2) is 0 Å². The molecule has 0 amide bonds. The van der Waals surface area contributed by atoms with Crippen molar-refractivity contribution in [1.82, 2.24) is 0 Å². The lowest BCUT2D eigenvalue weighted by molar-refractivity contribution is -0.394. The van der Waals surface area contributed by atoms with Gasteiger partial charge in [0.2, 0.25) is 0 Å². The van der Waals surface area contributed by atoms with Crippen molar-refractivity contribution < 1.29 is 15.0 Å². The van der Waals surface area contributed by atoms with Crippen LogP contribution in [0.25, 0.3) is 0 Å². The van der Waals surface area contributed by atoms with Gasteiger partial charge in [-0.2, -0.15) is 0 Å². The van der Waals surface area contributed by atoms with Gasteiger partial charge < -0.3 is 5.11 Å². The molecule has 0 heterocycles. The van der Waals surface area contributed by atoms with Crippen LogP contribution >= 0.6 is 0 Å². The number of aliphatic hydroxyl groups excluding tert-OH is 1. The molecule has 0 aliphatic heterocycles. The Bertz CT molecular complexity index is 418. The van der Waals surface area contributed by atoms with E-state index < -0.39 is 9.85 Å². The summed E-state index contributed by atoms with van der Waals surface area (Å²) in [5.74, 6) is 0. The number of nitro benzene ring substituents is 2. The van der Waals surface area contributed by atoms with Crippen molar-refractivity contribution in [3.8, 4) is 0 Å². The lowest BCUT2D eigenvalue weighted by Crippen LogP contribution is -1.99. The molecule has 0 atom stereocenters. The zero-order valence-corrected chi connectivity index (χ0v) is 8.33. The maximum atomic E-state index is 10.7. The molecule has 1 rings (SSSR count). The van der Waals surface area contributed by atoms with E-state index in [2.05, 4.69) is 0 Å². The molecule has 0 saturated carbocycles. The molecule has 1 aromatic rings. The van der Waals surface area contributed by atoms with Gasteiger partial charge in [0.25, 0.3) is 11.4 Å². The minimum absolute atomic E-state index is 0.0753. The topological polar surface area (TPSA) is 107 Å². The summed E-state index contributed by atoms with van der Waals surface area (Å²) in [4.78, 5) is 19.8. The van der Waals surface area contributed by atoms with E-state index in [0.29, 0.717) is 18.4 Å². The molecule has 0 fully saturated rings. The molecule has 0 aliphatic carbocycles. The number of aliphatic hydroxyl groups is 1. The second-order valence-corrected chi connectivity index (χ2v) is 3.15. The summed E-state index contributed by atoms with van der Waals surface area (Å²) in [6.07, 6.45) is 0.712. The molecule has 86 valence electrons. The van der Waals surface area contributed by atoms with Gasteiger partial charge in [-0.05, 0) is 18.9 Å². The van der Waals surface area contributed by atoms with E-state index >= 15 is 0 Å². The highest BCUT2D eigenvalue weighted by molar-refractivity contribution is 5.49. The number of aryl methyl sites for hydroxylation is 1. The van der Waals surface area contributed by atoms with Gasteiger partial charge in [-0.15, -0.1) is 0 Å². The van der Waals surface area contributed by atoms with Crippen LogP contribution in [0.2, 0.25) is 0 Å². The van der Waals surface area contributed by atoms with Gasteiger partial charge in [-0.3, -0.25) is 20.2 Å². The molecule has 7 heteroatoms. The number of hydrogen-bond donors (Lipinski definition) is 1. The molecule has 0 bridgehead atoms. The van der Waals surface area contributed by atoms with Crippen LogP contribution < -0.4 is 0 Å². The lowest BCUT2D eigenvalue weighted by Gasteiger charge is -2.01. The van der Waals surface area contributed by atoms with Gasteiger partial charge in [-0.25, -0.2) is 0 Å². The van der Waals surface area contributed by atoms with E-state index in [-0.39, 0.29) is 18.0 Å². The molecule has 1 aromatic carbocycles. The quantitative estimate of drug-likeness (QED) is 0.603. The zero-order chi connectivity index (χ0) is 12.1. The van der Waals surface area contributed by atoms with E-state index in [9.17, 15) is 20.2 Å². The predicted molar refractivity (Wildman–Crippen MR) is 55.2 cm³/mol. The Morgan fingerprint density at radius 1 is 1.19 bits per heavy atom. The third-order valence-electron chi connectivity index (χ3n) is 2.08. The smallest absolute Gasteiger partial charge is 0.279 e. The Hall–Kier alpha value is -2.02. The minimum Gasteiger partial charge on any atom is -0.396 e. The Labute approximate surface area is 90.6 Å². The first-order chi connectivity index (χ1) is 7.56. The normalized spacial score (nSPS) is 10.1. The fourth-order valence-electron chi connectivity index (χ4n) is 1.32. The van der Waals surface area contributed by atoms with Crippen LogP contribution in [0, 0.1) is 20.2 Å². The Balaban J connectivity index is 3.09. The van der Waals surface area contributed by atoms with E-state index in [1.54, 1.807) is 0 Å². The molecule has 0 spiro atoms. The Morgan fingerprint density at radius 2 is 1.88 bits per heavy atom. The van der Waals surface area contributed by atoms with Crippen LogP contribution in [0.15, 0.2) is 18.2 Å². The molecule has 0 radical (unpaired) electrons. The number of nitrogens with zero attached hydrogens (tertiary/aromatic N) is 2. The van der Waals surface area contributed by atoms with Crippen molar-refractivity contribution >= 4 is 11.4 Å². The number of rotatable bonds is 5. The van der Waals surface area contributed by atoms with Crippen LogP contribution in [-0.2, 0) is 6.42 Å². The van der Waals surface area contributed by atoms with Crippen molar-refractivity contribution in [2.45, 2.75) is 12.8 Å². The van der Waals surface area contributed by atoms with Gasteiger partial charge >= 0.3 is 0 Å². The monoisotopic (exact) mass is 226 g/mol. The van der Waals surface area contributed by atoms with Crippen LogP contribution in [0.4, 0.5) is 11.4 Å².